The summed E-state index contributed by atoms with van der Waals surface area (Å²) in [5.41, 5.74) is 0.204. The molecule has 0 heterocycles. The molecule has 166 valence electrons. The number of methoxy groups -OCH3 is 1. The second kappa shape index (κ2) is 10.5. The minimum atomic E-state index is -3.93. The second-order valence-corrected chi connectivity index (χ2v) is 7.97. The van der Waals surface area contributed by atoms with E-state index in [0.717, 1.165) is 6.07 Å². The van der Waals surface area contributed by atoms with Gasteiger partial charge in [0.05, 0.1) is 12.7 Å². The second-order valence-electron chi connectivity index (χ2n) is 6.12. The minimum absolute atomic E-state index is 0.0273. The zero-order chi connectivity index (χ0) is 23.0. The van der Waals surface area contributed by atoms with Gasteiger partial charge in [-0.05, 0) is 32.2 Å². The fourth-order valence-electron chi connectivity index (χ4n) is 2.58. The third kappa shape index (κ3) is 6.03. The number of amides is 3. The number of esters is 1. The van der Waals surface area contributed by atoms with E-state index in [2.05, 4.69) is 15.4 Å². The van der Waals surface area contributed by atoms with Crippen LogP contribution in [0.3, 0.4) is 0 Å². The van der Waals surface area contributed by atoms with Crippen LogP contribution in [0.15, 0.2) is 53.4 Å². The Morgan fingerprint density at radius 2 is 1.74 bits per heavy atom. The third-order valence-electron chi connectivity index (χ3n) is 4.10. The van der Waals surface area contributed by atoms with E-state index in [0.29, 0.717) is 12.1 Å². The lowest BCUT2D eigenvalue weighted by atomic mass is 10.1. The van der Waals surface area contributed by atoms with Gasteiger partial charge in [-0.3, -0.25) is 10.1 Å². The summed E-state index contributed by atoms with van der Waals surface area (Å²) in [7, 11) is -1.42. The lowest BCUT2D eigenvalue weighted by Gasteiger charge is -2.18. The molecule has 0 aliphatic carbocycles. The summed E-state index contributed by atoms with van der Waals surface area (Å²) in [6.07, 6.45) is -1.44. The fourth-order valence-corrected chi connectivity index (χ4v) is 3.50. The predicted octanol–water partition coefficient (Wildman–Crippen LogP) is 1.35. The SMILES string of the molecule is CCNC(=O)NC(=O)C(OC(=O)c1ccc(OC)c(S(=O)(=O)NC)c1)c1ccccc1. The van der Waals surface area contributed by atoms with Crippen LogP contribution in [0.5, 0.6) is 5.75 Å². The fraction of sp³-hybridized carbons (Fsp3) is 0.250. The molecule has 10 nitrogen and oxygen atoms in total. The molecule has 2 rings (SSSR count). The summed E-state index contributed by atoms with van der Waals surface area (Å²) in [6, 6.07) is 11.0. The molecule has 1 atom stereocenters. The number of urea groups is 1. The van der Waals surface area contributed by atoms with Crippen LogP contribution in [0.2, 0.25) is 0 Å². The molecule has 2 aromatic rings. The molecule has 0 aromatic heterocycles. The molecule has 2 aromatic carbocycles. The molecule has 0 saturated carbocycles. The highest BCUT2D eigenvalue weighted by molar-refractivity contribution is 7.89. The smallest absolute Gasteiger partial charge is 0.339 e. The quantitative estimate of drug-likeness (QED) is 0.517. The Labute approximate surface area is 180 Å². The Bertz CT molecular complexity index is 1060. The van der Waals surface area contributed by atoms with Crippen LogP contribution in [0.1, 0.15) is 28.9 Å². The lowest BCUT2D eigenvalue weighted by Crippen LogP contribution is -2.42. The third-order valence-corrected chi connectivity index (χ3v) is 5.53. The summed E-state index contributed by atoms with van der Waals surface area (Å²) in [5, 5.41) is 4.52. The van der Waals surface area contributed by atoms with Crippen molar-refractivity contribution >= 4 is 27.9 Å². The Kier molecular flexibility index (Phi) is 8.11. The summed E-state index contributed by atoms with van der Waals surface area (Å²) in [4.78, 5) is 36.8. The van der Waals surface area contributed by atoms with Gasteiger partial charge in [0.1, 0.15) is 10.6 Å². The molecule has 0 aliphatic rings. The van der Waals surface area contributed by atoms with E-state index < -0.39 is 34.0 Å². The molecule has 3 N–H and O–H groups in total. The summed E-state index contributed by atoms with van der Waals surface area (Å²) < 4.78 is 37.0. The lowest BCUT2D eigenvalue weighted by molar-refractivity contribution is -0.129. The number of nitrogens with one attached hydrogen (secondary N) is 3. The maximum atomic E-state index is 12.8. The zero-order valence-electron chi connectivity index (χ0n) is 17.2. The molecule has 0 aliphatic heterocycles. The van der Waals surface area contributed by atoms with Gasteiger partial charge in [0.15, 0.2) is 0 Å². The Morgan fingerprint density at radius 1 is 1.06 bits per heavy atom. The Hall–Kier alpha value is -3.44. The van der Waals surface area contributed by atoms with Crippen LogP contribution >= 0.6 is 0 Å². The van der Waals surface area contributed by atoms with E-state index in [1.54, 1.807) is 37.3 Å². The van der Waals surface area contributed by atoms with Gasteiger partial charge < -0.3 is 14.8 Å². The van der Waals surface area contributed by atoms with E-state index >= 15 is 0 Å². The molecule has 0 spiro atoms. The van der Waals surface area contributed by atoms with E-state index in [-0.39, 0.29) is 16.2 Å². The van der Waals surface area contributed by atoms with Crippen molar-refractivity contribution in [2.24, 2.45) is 0 Å². The van der Waals surface area contributed by atoms with E-state index in [4.69, 9.17) is 9.47 Å². The van der Waals surface area contributed by atoms with Gasteiger partial charge in [-0.15, -0.1) is 0 Å². The van der Waals surface area contributed by atoms with Gasteiger partial charge >= 0.3 is 12.0 Å². The number of imide groups is 1. The molecule has 0 saturated heterocycles. The van der Waals surface area contributed by atoms with Crippen LogP contribution in [0.4, 0.5) is 4.79 Å². The minimum Gasteiger partial charge on any atom is -0.495 e. The van der Waals surface area contributed by atoms with Crippen molar-refractivity contribution in [3.05, 3.63) is 59.7 Å². The highest BCUT2D eigenvalue weighted by Gasteiger charge is 2.28. The van der Waals surface area contributed by atoms with Crippen LogP contribution in [-0.4, -0.2) is 47.0 Å². The van der Waals surface area contributed by atoms with Crippen molar-refractivity contribution in [3.63, 3.8) is 0 Å². The summed E-state index contributed by atoms with van der Waals surface area (Å²) in [6.45, 7) is 1.97. The molecule has 31 heavy (non-hydrogen) atoms. The number of benzene rings is 2. The summed E-state index contributed by atoms with van der Waals surface area (Å²) in [5.74, 6) is -1.79. The average molecular weight is 449 g/mol. The van der Waals surface area contributed by atoms with E-state index in [1.165, 1.54) is 26.3 Å². The number of rotatable bonds is 8. The van der Waals surface area contributed by atoms with Crippen LogP contribution in [0.25, 0.3) is 0 Å². The van der Waals surface area contributed by atoms with Gasteiger partial charge in [0, 0.05) is 12.1 Å². The highest BCUT2D eigenvalue weighted by Crippen LogP contribution is 2.26. The molecule has 0 radical (unpaired) electrons. The van der Waals surface area contributed by atoms with Gasteiger partial charge in [-0.25, -0.2) is 22.7 Å². The number of hydrogen-bond acceptors (Lipinski definition) is 7. The van der Waals surface area contributed by atoms with Crippen LogP contribution < -0.4 is 20.1 Å². The van der Waals surface area contributed by atoms with Crippen molar-refractivity contribution in [1.82, 2.24) is 15.4 Å². The molecular weight excluding hydrogens is 426 g/mol. The van der Waals surface area contributed by atoms with Gasteiger partial charge in [0.2, 0.25) is 16.1 Å². The average Bonchev–Trinajstić information content (AvgIpc) is 2.77. The van der Waals surface area contributed by atoms with Gasteiger partial charge in [-0.2, -0.15) is 0 Å². The molecule has 3 amide bonds. The van der Waals surface area contributed by atoms with Crippen molar-refractivity contribution in [1.29, 1.82) is 0 Å². The molecular formula is C20H23N3O7S. The maximum absolute atomic E-state index is 12.8. The van der Waals surface area contributed by atoms with Gasteiger partial charge in [0.25, 0.3) is 5.91 Å². The topological polar surface area (TPSA) is 140 Å². The van der Waals surface area contributed by atoms with E-state index in [9.17, 15) is 22.8 Å². The first-order valence-electron chi connectivity index (χ1n) is 9.19. The van der Waals surface area contributed by atoms with Crippen molar-refractivity contribution in [3.8, 4) is 5.75 Å². The maximum Gasteiger partial charge on any atom is 0.339 e. The normalized spacial score (nSPS) is 11.8. The first-order chi connectivity index (χ1) is 14.7. The molecule has 11 heteroatoms. The van der Waals surface area contributed by atoms with Crippen LogP contribution in [0, 0.1) is 0 Å². The number of hydrogen-bond donors (Lipinski definition) is 3. The molecule has 0 bridgehead atoms. The standard InChI is InChI=1S/C20H23N3O7S/c1-4-22-20(26)23-18(24)17(13-8-6-5-7-9-13)30-19(25)14-10-11-15(29-3)16(12-14)31(27,28)21-2/h5-12,17,21H,4H2,1-3H3,(H2,22,23,24,26). The number of carbonyl (C=O) groups is 3. The largest absolute Gasteiger partial charge is 0.495 e. The predicted molar refractivity (Wildman–Crippen MR) is 111 cm³/mol. The first-order valence-corrected chi connectivity index (χ1v) is 10.7. The highest BCUT2D eigenvalue weighted by atomic mass is 32.2. The monoisotopic (exact) mass is 449 g/mol. The van der Waals surface area contributed by atoms with Crippen LogP contribution in [-0.2, 0) is 19.6 Å². The van der Waals surface area contributed by atoms with Crippen molar-refractivity contribution in [2.45, 2.75) is 17.9 Å². The Morgan fingerprint density at radius 3 is 2.32 bits per heavy atom. The Balaban J connectivity index is 2.37. The molecule has 1 unspecified atom stereocenters. The van der Waals surface area contributed by atoms with Crippen molar-refractivity contribution < 1.29 is 32.3 Å². The summed E-state index contributed by atoms with van der Waals surface area (Å²) >= 11 is 0. The zero-order valence-corrected chi connectivity index (χ0v) is 18.0. The first kappa shape index (κ1) is 23.8. The number of ether oxygens (including phenoxy) is 2. The van der Waals surface area contributed by atoms with Crippen molar-refractivity contribution in [2.75, 3.05) is 20.7 Å². The number of sulfonamides is 1. The van der Waals surface area contributed by atoms with E-state index in [1.807, 2.05) is 0 Å². The van der Waals surface area contributed by atoms with Gasteiger partial charge in [-0.1, -0.05) is 30.3 Å². The molecule has 0 fully saturated rings. The number of carbonyl (C=O) groups excluding carboxylic acids is 3.